The predicted octanol–water partition coefficient (Wildman–Crippen LogP) is 2.60. The Morgan fingerprint density at radius 1 is 1.32 bits per heavy atom. The predicted molar refractivity (Wildman–Crippen MR) is 92.7 cm³/mol. The van der Waals surface area contributed by atoms with Crippen LogP contribution in [0.2, 0.25) is 0 Å². The van der Waals surface area contributed by atoms with E-state index in [0.717, 1.165) is 0 Å². The first-order chi connectivity index (χ1) is 11.9. The van der Waals surface area contributed by atoms with Crippen molar-refractivity contribution in [2.75, 3.05) is 31.1 Å². The molecule has 0 atom stereocenters. The number of anilines is 1. The van der Waals surface area contributed by atoms with Gasteiger partial charge in [-0.15, -0.1) is 0 Å². The fourth-order valence-corrected chi connectivity index (χ4v) is 3.54. The van der Waals surface area contributed by atoms with E-state index in [4.69, 9.17) is 4.74 Å². The maximum absolute atomic E-state index is 13.5. The topological polar surface area (TPSA) is 49.9 Å². The van der Waals surface area contributed by atoms with Gasteiger partial charge < -0.3 is 14.5 Å². The molecule has 0 aliphatic carbocycles. The summed E-state index contributed by atoms with van der Waals surface area (Å²) in [4.78, 5) is 28.0. The second-order valence-corrected chi connectivity index (χ2v) is 7.41. The van der Waals surface area contributed by atoms with E-state index in [1.807, 2.05) is 18.7 Å². The number of hydrogen-bond acceptors (Lipinski definition) is 3. The molecule has 136 valence electrons. The highest BCUT2D eigenvalue weighted by atomic mass is 19.1. The molecule has 2 amide bonds. The van der Waals surface area contributed by atoms with Crippen LogP contribution in [0, 0.1) is 11.7 Å². The SMILES string of the molecule is CC(C)CC(=O)N1CCC2(CC1)CN(c1cccc(F)c1)C(=O)CO2. The highest BCUT2D eigenvalue weighted by Crippen LogP contribution is 2.33. The molecule has 0 bridgehead atoms. The Morgan fingerprint density at radius 2 is 2.04 bits per heavy atom. The van der Waals surface area contributed by atoms with Gasteiger partial charge >= 0.3 is 0 Å². The number of rotatable bonds is 3. The summed E-state index contributed by atoms with van der Waals surface area (Å²) in [6.07, 6.45) is 1.94. The average molecular weight is 348 g/mol. The molecule has 1 aromatic rings. The van der Waals surface area contributed by atoms with Crippen molar-refractivity contribution in [3.8, 4) is 0 Å². The van der Waals surface area contributed by atoms with Crippen LogP contribution < -0.4 is 4.90 Å². The number of piperidine rings is 1. The molecule has 0 unspecified atom stereocenters. The molecule has 2 fully saturated rings. The summed E-state index contributed by atoms with van der Waals surface area (Å²) in [6.45, 7) is 5.75. The third-order valence-electron chi connectivity index (χ3n) is 4.98. The van der Waals surface area contributed by atoms with Crippen molar-refractivity contribution >= 4 is 17.5 Å². The van der Waals surface area contributed by atoms with E-state index in [2.05, 4.69) is 0 Å². The molecule has 0 saturated carbocycles. The average Bonchev–Trinajstić information content (AvgIpc) is 2.57. The van der Waals surface area contributed by atoms with E-state index in [1.54, 1.807) is 17.0 Å². The number of morpholine rings is 1. The Bertz CT molecular complexity index is 654. The molecular formula is C19H25FN2O3. The molecule has 0 aromatic heterocycles. The Kier molecular flexibility index (Phi) is 5.08. The second kappa shape index (κ2) is 7.12. The van der Waals surface area contributed by atoms with Crippen LogP contribution in [0.15, 0.2) is 24.3 Å². The minimum Gasteiger partial charge on any atom is -0.363 e. The van der Waals surface area contributed by atoms with Gasteiger partial charge in [-0.05, 0) is 37.0 Å². The standard InChI is InChI=1S/C19H25FN2O3/c1-14(2)10-17(23)21-8-6-19(7-9-21)13-22(18(24)12-25-19)16-5-3-4-15(20)11-16/h3-5,11,14H,6-10,12-13H2,1-2H3. The molecule has 0 radical (unpaired) electrons. The largest absolute Gasteiger partial charge is 0.363 e. The van der Waals surface area contributed by atoms with E-state index >= 15 is 0 Å². The summed E-state index contributed by atoms with van der Waals surface area (Å²) < 4.78 is 19.4. The Balaban J connectivity index is 1.67. The number of carbonyl (C=O) groups excluding carboxylic acids is 2. The van der Waals surface area contributed by atoms with Gasteiger partial charge in [0.25, 0.3) is 5.91 Å². The van der Waals surface area contributed by atoms with Gasteiger partial charge in [-0.3, -0.25) is 9.59 Å². The Morgan fingerprint density at radius 3 is 2.68 bits per heavy atom. The van der Waals surface area contributed by atoms with E-state index in [9.17, 15) is 14.0 Å². The molecule has 1 aromatic carbocycles. The fourth-order valence-electron chi connectivity index (χ4n) is 3.54. The third-order valence-corrected chi connectivity index (χ3v) is 4.98. The highest BCUT2D eigenvalue weighted by Gasteiger charge is 2.43. The lowest BCUT2D eigenvalue weighted by atomic mass is 9.88. The maximum atomic E-state index is 13.5. The number of likely N-dealkylation sites (tertiary alicyclic amines) is 1. The smallest absolute Gasteiger partial charge is 0.253 e. The molecule has 0 N–H and O–H groups in total. The number of amides is 2. The summed E-state index contributed by atoms with van der Waals surface area (Å²) >= 11 is 0. The molecule has 6 heteroatoms. The van der Waals surface area contributed by atoms with E-state index in [-0.39, 0.29) is 24.2 Å². The van der Waals surface area contributed by atoms with Gasteiger partial charge in [0.05, 0.1) is 12.1 Å². The van der Waals surface area contributed by atoms with Crippen molar-refractivity contribution < 1.29 is 18.7 Å². The number of halogens is 1. The molecule has 1 spiro atoms. The summed E-state index contributed by atoms with van der Waals surface area (Å²) in [6, 6.07) is 6.08. The quantitative estimate of drug-likeness (QED) is 0.844. The second-order valence-electron chi connectivity index (χ2n) is 7.41. The van der Waals surface area contributed by atoms with Gasteiger partial charge in [-0.25, -0.2) is 4.39 Å². The van der Waals surface area contributed by atoms with Crippen LogP contribution in [0.3, 0.4) is 0 Å². The van der Waals surface area contributed by atoms with Gasteiger partial charge in [0.2, 0.25) is 5.91 Å². The Labute approximate surface area is 147 Å². The highest BCUT2D eigenvalue weighted by molar-refractivity contribution is 5.95. The normalized spacial score (nSPS) is 20.4. The number of hydrogen-bond donors (Lipinski definition) is 0. The molecular weight excluding hydrogens is 323 g/mol. The fraction of sp³-hybridized carbons (Fsp3) is 0.579. The first-order valence-electron chi connectivity index (χ1n) is 8.86. The van der Waals surface area contributed by atoms with Crippen LogP contribution in [0.5, 0.6) is 0 Å². The van der Waals surface area contributed by atoms with Gasteiger partial charge in [-0.2, -0.15) is 0 Å². The molecule has 5 nitrogen and oxygen atoms in total. The van der Waals surface area contributed by atoms with Crippen LogP contribution in [0.1, 0.15) is 33.1 Å². The van der Waals surface area contributed by atoms with Crippen LogP contribution in [0.4, 0.5) is 10.1 Å². The zero-order chi connectivity index (χ0) is 18.0. The molecule has 2 heterocycles. The van der Waals surface area contributed by atoms with Crippen molar-refractivity contribution in [1.82, 2.24) is 4.90 Å². The molecule has 2 aliphatic rings. The van der Waals surface area contributed by atoms with Crippen LogP contribution >= 0.6 is 0 Å². The summed E-state index contributed by atoms with van der Waals surface area (Å²) in [5, 5.41) is 0. The van der Waals surface area contributed by atoms with Crippen LogP contribution in [-0.2, 0) is 14.3 Å². The van der Waals surface area contributed by atoms with Gasteiger partial charge in [0.1, 0.15) is 12.4 Å². The van der Waals surface area contributed by atoms with Gasteiger partial charge in [-0.1, -0.05) is 19.9 Å². The van der Waals surface area contributed by atoms with Gasteiger partial charge in [0.15, 0.2) is 0 Å². The lowest BCUT2D eigenvalue weighted by molar-refractivity contribution is -0.150. The summed E-state index contributed by atoms with van der Waals surface area (Å²) in [5.41, 5.74) is 0.112. The van der Waals surface area contributed by atoms with Crippen LogP contribution in [0.25, 0.3) is 0 Å². The monoisotopic (exact) mass is 348 g/mol. The Hall–Kier alpha value is -1.95. The minimum atomic E-state index is -0.450. The first-order valence-corrected chi connectivity index (χ1v) is 8.86. The maximum Gasteiger partial charge on any atom is 0.253 e. The van der Waals surface area contributed by atoms with Crippen molar-refractivity contribution in [1.29, 1.82) is 0 Å². The van der Waals surface area contributed by atoms with Crippen molar-refractivity contribution in [2.45, 2.75) is 38.7 Å². The molecule has 2 aliphatic heterocycles. The molecule has 25 heavy (non-hydrogen) atoms. The zero-order valence-electron chi connectivity index (χ0n) is 14.8. The van der Waals surface area contributed by atoms with E-state index in [0.29, 0.717) is 50.5 Å². The lowest BCUT2D eigenvalue weighted by Gasteiger charge is -2.47. The third kappa shape index (κ3) is 4.00. The first kappa shape index (κ1) is 17.9. The number of ether oxygens (including phenoxy) is 1. The van der Waals surface area contributed by atoms with E-state index < -0.39 is 5.60 Å². The minimum absolute atomic E-state index is 0.00352. The molecule has 3 rings (SSSR count). The van der Waals surface area contributed by atoms with Gasteiger partial charge in [0, 0.05) is 25.2 Å². The molecule has 2 saturated heterocycles. The van der Waals surface area contributed by atoms with Crippen molar-refractivity contribution in [3.05, 3.63) is 30.1 Å². The summed E-state index contributed by atoms with van der Waals surface area (Å²) in [5.74, 6) is 0.00334. The van der Waals surface area contributed by atoms with Crippen LogP contribution in [-0.4, -0.2) is 48.6 Å². The summed E-state index contributed by atoms with van der Waals surface area (Å²) in [7, 11) is 0. The number of nitrogens with zero attached hydrogens (tertiary/aromatic N) is 2. The van der Waals surface area contributed by atoms with Crippen molar-refractivity contribution in [2.24, 2.45) is 5.92 Å². The number of carbonyl (C=O) groups is 2. The zero-order valence-corrected chi connectivity index (χ0v) is 14.8. The van der Waals surface area contributed by atoms with Crippen molar-refractivity contribution in [3.63, 3.8) is 0 Å². The number of benzene rings is 1. The lowest BCUT2D eigenvalue weighted by Crippen LogP contribution is -2.59. The van der Waals surface area contributed by atoms with E-state index in [1.165, 1.54) is 12.1 Å².